The van der Waals surface area contributed by atoms with Crippen molar-refractivity contribution in [3.05, 3.63) is 65.7 Å². The van der Waals surface area contributed by atoms with Crippen molar-refractivity contribution in [2.45, 2.75) is 26.9 Å². The Kier molecular flexibility index (Phi) is 9.66. The van der Waals surface area contributed by atoms with Crippen molar-refractivity contribution >= 4 is 18.3 Å². The highest BCUT2D eigenvalue weighted by Crippen LogP contribution is 2.17. The summed E-state index contributed by atoms with van der Waals surface area (Å²) in [6, 6.07) is 17.7. The number of halogens is 1. The number of amides is 1. The van der Waals surface area contributed by atoms with Gasteiger partial charge < -0.3 is 15.4 Å². The summed E-state index contributed by atoms with van der Waals surface area (Å²) in [5.41, 5.74) is 2.14. The molecular formula is C20H27ClN2O2. The normalized spacial score (nSPS) is 10.2. The molecule has 25 heavy (non-hydrogen) atoms. The van der Waals surface area contributed by atoms with E-state index in [1.807, 2.05) is 54.6 Å². The summed E-state index contributed by atoms with van der Waals surface area (Å²) >= 11 is 0. The second-order valence-corrected chi connectivity index (χ2v) is 6.18. The SMILES string of the molecule is CC(C)CNCc1ccccc1OCC(=O)NCc1ccccc1.Cl. The first kappa shape index (κ1) is 21.0. The molecule has 2 N–H and O–H groups in total. The average molecular weight is 363 g/mol. The standard InChI is InChI=1S/C20H26N2O2.ClH/c1-16(2)12-21-14-18-10-6-7-11-19(18)24-15-20(23)22-13-17-8-4-3-5-9-17;/h3-11,16,21H,12-15H2,1-2H3,(H,22,23);1H. The second kappa shape index (κ2) is 11.5. The molecule has 0 saturated carbocycles. The van der Waals surface area contributed by atoms with Gasteiger partial charge in [-0.3, -0.25) is 4.79 Å². The monoisotopic (exact) mass is 362 g/mol. The van der Waals surface area contributed by atoms with E-state index in [1.165, 1.54) is 0 Å². The van der Waals surface area contributed by atoms with Crippen LogP contribution in [0.4, 0.5) is 0 Å². The van der Waals surface area contributed by atoms with Crippen LogP contribution in [0.25, 0.3) is 0 Å². The number of hydrogen-bond acceptors (Lipinski definition) is 3. The van der Waals surface area contributed by atoms with Gasteiger partial charge in [0.1, 0.15) is 5.75 Å². The van der Waals surface area contributed by atoms with Crippen LogP contribution in [-0.2, 0) is 17.9 Å². The van der Waals surface area contributed by atoms with Crippen LogP contribution in [0.15, 0.2) is 54.6 Å². The molecule has 0 aliphatic heterocycles. The van der Waals surface area contributed by atoms with Crippen LogP contribution in [-0.4, -0.2) is 19.1 Å². The van der Waals surface area contributed by atoms with Crippen LogP contribution in [0.3, 0.4) is 0 Å². The van der Waals surface area contributed by atoms with Crippen molar-refractivity contribution < 1.29 is 9.53 Å². The molecule has 0 unspecified atom stereocenters. The molecule has 0 aliphatic rings. The first-order valence-electron chi connectivity index (χ1n) is 8.37. The van der Waals surface area contributed by atoms with Crippen molar-refractivity contribution in [2.24, 2.45) is 5.92 Å². The maximum absolute atomic E-state index is 12.0. The molecule has 2 aromatic rings. The quantitative estimate of drug-likeness (QED) is 0.717. The lowest BCUT2D eigenvalue weighted by Crippen LogP contribution is -2.28. The first-order chi connectivity index (χ1) is 11.6. The van der Waals surface area contributed by atoms with Gasteiger partial charge in [0.15, 0.2) is 6.61 Å². The van der Waals surface area contributed by atoms with E-state index in [1.54, 1.807) is 0 Å². The molecule has 136 valence electrons. The Morgan fingerprint density at radius 1 is 1.00 bits per heavy atom. The highest BCUT2D eigenvalue weighted by atomic mass is 35.5. The number of para-hydroxylation sites is 1. The number of hydrogen-bond donors (Lipinski definition) is 2. The van der Waals surface area contributed by atoms with Gasteiger partial charge in [0.05, 0.1) is 0 Å². The Balaban J connectivity index is 0.00000312. The number of rotatable bonds is 9. The lowest BCUT2D eigenvalue weighted by atomic mass is 10.2. The molecule has 0 spiro atoms. The number of carbonyl (C=O) groups is 1. The highest BCUT2D eigenvalue weighted by molar-refractivity contribution is 5.85. The molecule has 4 nitrogen and oxygen atoms in total. The van der Waals surface area contributed by atoms with Crippen LogP contribution in [0.2, 0.25) is 0 Å². The summed E-state index contributed by atoms with van der Waals surface area (Å²) in [7, 11) is 0. The fraction of sp³-hybridized carbons (Fsp3) is 0.350. The van der Waals surface area contributed by atoms with Crippen molar-refractivity contribution in [3.63, 3.8) is 0 Å². The van der Waals surface area contributed by atoms with Crippen molar-refractivity contribution in [2.75, 3.05) is 13.2 Å². The van der Waals surface area contributed by atoms with Crippen LogP contribution < -0.4 is 15.4 Å². The molecular weight excluding hydrogens is 336 g/mol. The molecule has 0 atom stereocenters. The maximum Gasteiger partial charge on any atom is 0.258 e. The highest BCUT2D eigenvalue weighted by Gasteiger charge is 2.07. The van der Waals surface area contributed by atoms with Gasteiger partial charge in [0.2, 0.25) is 0 Å². The van der Waals surface area contributed by atoms with Gasteiger partial charge in [-0.1, -0.05) is 62.4 Å². The van der Waals surface area contributed by atoms with E-state index in [0.717, 1.165) is 30.0 Å². The van der Waals surface area contributed by atoms with E-state index in [-0.39, 0.29) is 24.9 Å². The van der Waals surface area contributed by atoms with E-state index in [2.05, 4.69) is 24.5 Å². The third-order valence-electron chi connectivity index (χ3n) is 3.53. The van der Waals surface area contributed by atoms with Gasteiger partial charge in [-0.05, 0) is 24.1 Å². The largest absolute Gasteiger partial charge is 0.483 e. The van der Waals surface area contributed by atoms with E-state index >= 15 is 0 Å². The minimum atomic E-state index is -0.121. The predicted octanol–water partition coefficient (Wildman–Crippen LogP) is 3.55. The minimum Gasteiger partial charge on any atom is -0.483 e. The lowest BCUT2D eigenvalue weighted by Gasteiger charge is -2.13. The van der Waals surface area contributed by atoms with Gasteiger partial charge in [-0.25, -0.2) is 0 Å². The second-order valence-electron chi connectivity index (χ2n) is 6.18. The van der Waals surface area contributed by atoms with Gasteiger partial charge in [-0.2, -0.15) is 0 Å². The molecule has 0 saturated heterocycles. The van der Waals surface area contributed by atoms with Gasteiger partial charge >= 0.3 is 0 Å². The number of nitrogens with one attached hydrogen (secondary N) is 2. The van der Waals surface area contributed by atoms with Crippen LogP contribution in [0, 0.1) is 5.92 Å². The molecule has 2 aromatic carbocycles. The van der Waals surface area contributed by atoms with Crippen LogP contribution in [0.1, 0.15) is 25.0 Å². The lowest BCUT2D eigenvalue weighted by molar-refractivity contribution is -0.123. The zero-order chi connectivity index (χ0) is 17.2. The number of ether oxygens (including phenoxy) is 1. The summed E-state index contributed by atoms with van der Waals surface area (Å²) < 4.78 is 5.69. The number of benzene rings is 2. The zero-order valence-corrected chi connectivity index (χ0v) is 15.6. The van der Waals surface area contributed by atoms with E-state index in [4.69, 9.17) is 4.74 Å². The fourth-order valence-corrected chi connectivity index (χ4v) is 2.28. The Morgan fingerprint density at radius 2 is 1.68 bits per heavy atom. The molecule has 2 rings (SSSR count). The van der Waals surface area contributed by atoms with Crippen molar-refractivity contribution in [1.82, 2.24) is 10.6 Å². The summed E-state index contributed by atoms with van der Waals surface area (Å²) in [5, 5.41) is 6.26. The van der Waals surface area contributed by atoms with E-state index in [9.17, 15) is 4.79 Å². The molecule has 0 aliphatic carbocycles. The minimum absolute atomic E-state index is 0. The molecule has 0 bridgehead atoms. The smallest absolute Gasteiger partial charge is 0.258 e. The number of carbonyl (C=O) groups excluding carboxylic acids is 1. The molecule has 0 fully saturated rings. The third kappa shape index (κ3) is 8.05. The summed E-state index contributed by atoms with van der Waals surface area (Å²) in [6.07, 6.45) is 0. The van der Waals surface area contributed by atoms with Crippen molar-refractivity contribution in [1.29, 1.82) is 0 Å². The molecule has 0 heterocycles. The Bertz CT molecular complexity index is 633. The first-order valence-corrected chi connectivity index (χ1v) is 8.37. The molecule has 0 aromatic heterocycles. The average Bonchev–Trinajstić information content (AvgIpc) is 2.59. The summed E-state index contributed by atoms with van der Waals surface area (Å²) in [6.45, 7) is 6.57. The summed E-state index contributed by atoms with van der Waals surface area (Å²) in [5.74, 6) is 1.23. The topological polar surface area (TPSA) is 50.4 Å². The van der Waals surface area contributed by atoms with Crippen LogP contribution >= 0.6 is 12.4 Å². The summed E-state index contributed by atoms with van der Waals surface area (Å²) in [4.78, 5) is 12.0. The van der Waals surface area contributed by atoms with Gasteiger partial charge in [0.25, 0.3) is 5.91 Å². The predicted molar refractivity (Wildman–Crippen MR) is 104 cm³/mol. The third-order valence-corrected chi connectivity index (χ3v) is 3.53. The van der Waals surface area contributed by atoms with Crippen LogP contribution in [0.5, 0.6) is 5.75 Å². The Hall–Kier alpha value is -2.04. The molecule has 0 radical (unpaired) electrons. The maximum atomic E-state index is 12.0. The molecule has 1 amide bonds. The zero-order valence-electron chi connectivity index (χ0n) is 14.8. The van der Waals surface area contributed by atoms with E-state index in [0.29, 0.717) is 12.5 Å². The molecule has 5 heteroatoms. The Labute approximate surface area is 156 Å². The van der Waals surface area contributed by atoms with Crippen molar-refractivity contribution in [3.8, 4) is 5.75 Å². The Morgan fingerprint density at radius 3 is 2.40 bits per heavy atom. The van der Waals surface area contributed by atoms with E-state index < -0.39 is 0 Å². The van der Waals surface area contributed by atoms with Gasteiger partial charge in [0, 0.05) is 18.7 Å². The fourth-order valence-electron chi connectivity index (χ4n) is 2.28. The van der Waals surface area contributed by atoms with Gasteiger partial charge in [-0.15, -0.1) is 12.4 Å².